The normalized spacial score (nSPS) is 17.3. The Labute approximate surface area is 209 Å². The molecular formula is C27H28N4O5. The molecule has 186 valence electrons. The number of nitrogens with one attached hydrogen (secondary N) is 2. The van der Waals surface area contributed by atoms with E-state index in [1.54, 1.807) is 73.8 Å². The molecule has 0 spiro atoms. The summed E-state index contributed by atoms with van der Waals surface area (Å²) in [5.41, 5.74) is 2.00. The molecule has 36 heavy (non-hydrogen) atoms. The topological polar surface area (TPSA) is 110 Å². The number of hydrogen-bond donors (Lipinski definition) is 2. The maximum Gasteiger partial charge on any atom is 0.243 e. The molecule has 2 atom stereocenters. The summed E-state index contributed by atoms with van der Waals surface area (Å²) >= 11 is 0. The van der Waals surface area contributed by atoms with Gasteiger partial charge in [0.15, 0.2) is 0 Å². The van der Waals surface area contributed by atoms with Crippen LogP contribution in [0, 0.1) is 5.92 Å². The number of benzene rings is 2. The minimum Gasteiger partial charge on any atom is -0.497 e. The number of ether oxygens (including phenoxy) is 2. The monoisotopic (exact) mass is 488 g/mol. The molecule has 1 saturated heterocycles. The van der Waals surface area contributed by atoms with Crippen LogP contribution in [0.2, 0.25) is 0 Å². The number of aromatic nitrogens is 1. The fourth-order valence-electron chi connectivity index (χ4n) is 4.34. The third-order valence-electron chi connectivity index (χ3n) is 6.11. The summed E-state index contributed by atoms with van der Waals surface area (Å²) in [4.78, 5) is 44.5. The molecule has 2 aromatic carbocycles. The van der Waals surface area contributed by atoms with Gasteiger partial charge >= 0.3 is 0 Å². The van der Waals surface area contributed by atoms with Crippen molar-refractivity contribution in [2.24, 2.45) is 5.92 Å². The van der Waals surface area contributed by atoms with Crippen molar-refractivity contribution < 1.29 is 23.9 Å². The average molecular weight is 489 g/mol. The van der Waals surface area contributed by atoms with Crippen molar-refractivity contribution in [3.8, 4) is 11.5 Å². The highest BCUT2D eigenvalue weighted by Gasteiger charge is 2.41. The predicted octanol–water partition coefficient (Wildman–Crippen LogP) is 3.34. The second kappa shape index (κ2) is 11.4. The van der Waals surface area contributed by atoms with Crippen LogP contribution < -0.4 is 25.0 Å². The van der Waals surface area contributed by atoms with Gasteiger partial charge in [-0.2, -0.15) is 0 Å². The Kier molecular flexibility index (Phi) is 7.79. The van der Waals surface area contributed by atoms with Crippen LogP contribution in [-0.2, 0) is 14.4 Å². The minimum absolute atomic E-state index is 0.0839. The van der Waals surface area contributed by atoms with E-state index in [1.807, 2.05) is 12.1 Å². The number of pyridine rings is 1. The number of methoxy groups -OCH3 is 2. The molecular weight excluding hydrogens is 460 g/mol. The molecule has 9 heteroatoms. The quantitative estimate of drug-likeness (QED) is 0.503. The molecule has 2 N–H and O–H groups in total. The van der Waals surface area contributed by atoms with Gasteiger partial charge in [0, 0.05) is 18.3 Å². The molecule has 4 rings (SSSR count). The van der Waals surface area contributed by atoms with Gasteiger partial charge in [0.25, 0.3) is 0 Å². The highest BCUT2D eigenvalue weighted by molar-refractivity contribution is 5.99. The molecule has 1 fully saturated rings. The van der Waals surface area contributed by atoms with E-state index in [4.69, 9.17) is 9.47 Å². The Bertz CT molecular complexity index is 1200. The van der Waals surface area contributed by atoms with Crippen molar-refractivity contribution in [3.05, 3.63) is 78.6 Å². The number of carbonyl (C=O) groups is 3. The van der Waals surface area contributed by atoms with Crippen molar-refractivity contribution >= 4 is 29.1 Å². The maximum absolute atomic E-state index is 13.4. The fraction of sp³-hybridized carbons (Fsp3) is 0.259. The number of anilines is 2. The summed E-state index contributed by atoms with van der Waals surface area (Å²) in [5.74, 6) is 0.0197. The molecule has 1 aliphatic rings. The van der Waals surface area contributed by atoms with Crippen molar-refractivity contribution in [1.29, 1.82) is 0 Å². The molecule has 0 saturated carbocycles. The summed E-state index contributed by atoms with van der Waals surface area (Å²) in [5, 5.41) is 5.45. The Morgan fingerprint density at radius 1 is 1.00 bits per heavy atom. The van der Waals surface area contributed by atoms with E-state index in [1.165, 1.54) is 6.20 Å². The first-order valence-electron chi connectivity index (χ1n) is 11.6. The number of piperidine rings is 1. The second-order valence-corrected chi connectivity index (χ2v) is 8.33. The number of hydrogen-bond acceptors (Lipinski definition) is 6. The zero-order chi connectivity index (χ0) is 25.5. The van der Waals surface area contributed by atoms with Crippen LogP contribution in [-0.4, -0.2) is 43.5 Å². The van der Waals surface area contributed by atoms with Crippen LogP contribution in [0.1, 0.15) is 24.4 Å². The summed E-state index contributed by atoms with van der Waals surface area (Å²) in [7, 11) is 3.15. The minimum atomic E-state index is -0.565. The molecule has 2 unspecified atom stereocenters. The van der Waals surface area contributed by atoms with Gasteiger partial charge in [-0.3, -0.25) is 19.4 Å². The standard InChI is InChI=1S/C27H28N4O5/c1-35-21-9-5-18(6-10-21)26-23(27(34)29-17-24(32)30-19-4-3-15-28-16-19)13-14-25(33)31(26)20-7-11-22(36-2)12-8-20/h3-12,15-16,23,26H,13-14,17H2,1-2H3,(H,29,34)(H,30,32). The zero-order valence-corrected chi connectivity index (χ0v) is 20.1. The summed E-state index contributed by atoms with van der Waals surface area (Å²) < 4.78 is 10.5. The molecule has 1 aliphatic heterocycles. The van der Waals surface area contributed by atoms with Crippen LogP contribution in [0.15, 0.2) is 73.1 Å². The lowest BCUT2D eigenvalue weighted by Crippen LogP contribution is -2.49. The third-order valence-corrected chi connectivity index (χ3v) is 6.11. The number of nitrogens with zero attached hydrogens (tertiary/aromatic N) is 2. The third kappa shape index (κ3) is 5.63. The van der Waals surface area contributed by atoms with Gasteiger partial charge in [-0.1, -0.05) is 12.1 Å². The van der Waals surface area contributed by atoms with Crippen LogP contribution in [0.5, 0.6) is 11.5 Å². The van der Waals surface area contributed by atoms with Crippen molar-refractivity contribution in [1.82, 2.24) is 10.3 Å². The summed E-state index contributed by atoms with van der Waals surface area (Å²) in [6.07, 6.45) is 3.70. The van der Waals surface area contributed by atoms with E-state index in [0.717, 1.165) is 5.56 Å². The highest BCUT2D eigenvalue weighted by atomic mass is 16.5. The molecule has 0 radical (unpaired) electrons. The molecule has 3 aromatic rings. The van der Waals surface area contributed by atoms with E-state index in [9.17, 15) is 14.4 Å². The smallest absolute Gasteiger partial charge is 0.243 e. The SMILES string of the molecule is COc1ccc(C2C(C(=O)NCC(=O)Nc3cccnc3)CCC(=O)N2c2ccc(OC)cc2)cc1. The predicted molar refractivity (Wildman–Crippen MR) is 135 cm³/mol. The number of carbonyl (C=O) groups excluding carboxylic acids is 3. The first-order chi connectivity index (χ1) is 17.5. The maximum atomic E-state index is 13.4. The van der Waals surface area contributed by atoms with Crippen LogP contribution in [0.25, 0.3) is 0 Å². The van der Waals surface area contributed by atoms with Crippen molar-refractivity contribution in [2.75, 3.05) is 31.0 Å². The van der Waals surface area contributed by atoms with Crippen LogP contribution >= 0.6 is 0 Å². The fourth-order valence-corrected chi connectivity index (χ4v) is 4.34. The Morgan fingerprint density at radius 2 is 1.67 bits per heavy atom. The van der Waals surface area contributed by atoms with Gasteiger partial charge in [-0.15, -0.1) is 0 Å². The van der Waals surface area contributed by atoms with Gasteiger partial charge in [0.1, 0.15) is 11.5 Å². The van der Waals surface area contributed by atoms with E-state index >= 15 is 0 Å². The van der Waals surface area contributed by atoms with Crippen LogP contribution in [0.3, 0.4) is 0 Å². The van der Waals surface area contributed by atoms with Crippen molar-refractivity contribution in [2.45, 2.75) is 18.9 Å². The van der Waals surface area contributed by atoms with Crippen LogP contribution in [0.4, 0.5) is 11.4 Å². The highest BCUT2D eigenvalue weighted by Crippen LogP contribution is 2.40. The Balaban J connectivity index is 1.58. The van der Waals surface area contributed by atoms with E-state index < -0.39 is 12.0 Å². The van der Waals surface area contributed by atoms with Gasteiger partial charge < -0.3 is 25.0 Å². The molecule has 1 aromatic heterocycles. The average Bonchev–Trinajstić information content (AvgIpc) is 2.92. The van der Waals surface area contributed by atoms with E-state index in [2.05, 4.69) is 15.6 Å². The molecule has 0 bridgehead atoms. The molecule has 3 amide bonds. The molecule has 0 aliphatic carbocycles. The summed E-state index contributed by atoms with van der Waals surface area (Å²) in [6.45, 7) is -0.198. The first-order valence-corrected chi connectivity index (χ1v) is 11.6. The lowest BCUT2D eigenvalue weighted by molar-refractivity contribution is -0.130. The number of amides is 3. The Hall–Kier alpha value is -4.40. The molecule has 9 nitrogen and oxygen atoms in total. The van der Waals surface area contributed by atoms with Gasteiger partial charge in [0.05, 0.1) is 44.6 Å². The largest absolute Gasteiger partial charge is 0.497 e. The lowest BCUT2D eigenvalue weighted by Gasteiger charge is -2.41. The van der Waals surface area contributed by atoms with E-state index in [-0.39, 0.29) is 30.7 Å². The summed E-state index contributed by atoms with van der Waals surface area (Å²) in [6, 6.07) is 17.3. The van der Waals surface area contributed by atoms with E-state index in [0.29, 0.717) is 29.3 Å². The lowest BCUT2D eigenvalue weighted by atomic mass is 9.83. The first kappa shape index (κ1) is 24.7. The second-order valence-electron chi connectivity index (χ2n) is 8.33. The van der Waals surface area contributed by atoms with Gasteiger partial charge in [-0.05, 0) is 60.5 Å². The molecule has 2 heterocycles. The van der Waals surface area contributed by atoms with Gasteiger partial charge in [0.2, 0.25) is 17.7 Å². The van der Waals surface area contributed by atoms with Crippen molar-refractivity contribution in [3.63, 3.8) is 0 Å². The zero-order valence-electron chi connectivity index (χ0n) is 20.1. The number of rotatable bonds is 8. The van der Waals surface area contributed by atoms with Gasteiger partial charge in [-0.25, -0.2) is 0 Å². The Morgan fingerprint density at radius 3 is 2.28 bits per heavy atom.